The molecule has 0 fully saturated rings. The zero-order chi connectivity index (χ0) is 13.2. The fourth-order valence-corrected chi connectivity index (χ4v) is 1.94. The van der Waals surface area contributed by atoms with Crippen molar-refractivity contribution in [3.8, 4) is 10.7 Å². The van der Waals surface area contributed by atoms with Gasteiger partial charge in [0, 0.05) is 30.0 Å². The van der Waals surface area contributed by atoms with Crippen LogP contribution in [0.2, 0.25) is 0 Å². The molecule has 2 aromatic rings. The molecule has 0 aliphatic carbocycles. The Labute approximate surface area is 109 Å². The summed E-state index contributed by atoms with van der Waals surface area (Å²) >= 11 is 1.45. The van der Waals surface area contributed by atoms with E-state index in [1.54, 1.807) is 17.9 Å². The highest BCUT2D eigenvalue weighted by atomic mass is 32.1. The number of hydrogen-bond donors (Lipinski definition) is 2. The number of hydrogen-bond acceptors (Lipinski definition) is 5. The minimum Gasteiger partial charge on any atom is -0.308 e. The molecule has 0 aliphatic rings. The van der Waals surface area contributed by atoms with Crippen molar-refractivity contribution in [2.24, 2.45) is 0 Å². The number of aromatic nitrogens is 3. The fourth-order valence-electron chi connectivity index (χ4n) is 1.37. The number of nitrogens with zero attached hydrogens (tertiary/aromatic N) is 2. The Morgan fingerprint density at radius 1 is 1.39 bits per heavy atom. The Bertz CT molecular complexity index is 569. The maximum atomic E-state index is 11.9. The third kappa shape index (κ3) is 3.24. The second kappa shape index (κ2) is 4.99. The van der Waals surface area contributed by atoms with E-state index in [4.69, 9.17) is 0 Å². The Hall–Kier alpha value is -1.53. The van der Waals surface area contributed by atoms with Crippen LogP contribution in [0.1, 0.15) is 26.3 Å². The van der Waals surface area contributed by atoms with Crippen LogP contribution in [-0.2, 0) is 6.54 Å². The highest BCUT2D eigenvalue weighted by molar-refractivity contribution is 7.13. The zero-order valence-electron chi connectivity index (χ0n) is 10.7. The highest BCUT2D eigenvalue weighted by Gasteiger charge is 2.11. The molecule has 2 rings (SSSR count). The summed E-state index contributed by atoms with van der Waals surface area (Å²) in [5.41, 5.74) is 2.22. The number of thiazole rings is 1. The minimum atomic E-state index is -0.106. The molecule has 6 heteroatoms. The molecule has 0 aromatic carbocycles. The van der Waals surface area contributed by atoms with E-state index in [1.165, 1.54) is 11.3 Å². The predicted octanol–water partition coefficient (Wildman–Crippen LogP) is 1.78. The molecular formula is C12H16N4OS. The van der Waals surface area contributed by atoms with E-state index in [9.17, 15) is 4.79 Å². The van der Waals surface area contributed by atoms with E-state index < -0.39 is 0 Å². The van der Waals surface area contributed by atoms with Gasteiger partial charge in [-0.2, -0.15) is 0 Å². The van der Waals surface area contributed by atoms with Crippen LogP contribution in [0, 0.1) is 0 Å². The molecule has 0 spiro atoms. The molecule has 0 aliphatic heterocycles. The van der Waals surface area contributed by atoms with Crippen molar-refractivity contribution in [2.45, 2.75) is 32.9 Å². The summed E-state index contributed by atoms with van der Waals surface area (Å²) < 4.78 is 0. The van der Waals surface area contributed by atoms with Crippen molar-refractivity contribution in [3.63, 3.8) is 0 Å². The van der Waals surface area contributed by atoms with Crippen LogP contribution in [0.15, 0.2) is 22.7 Å². The van der Waals surface area contributed by atoms with Gasteiger partial charge in [0.05, 0.1) is 10.4 Å². The summed E-state index contributed by atoms with van der Waals surface area (Å²) in [6, 6.07) is 0. The van der Waals surface area contributed by atoms with E-state index in [0.717, 1.165) is 4.88 Å². The predicted molar refractivity (Wildman–Crippen MR) is 72.6 cm³/mol. The van der Waals surface area contributed by atoms with Gasteiger partial charge >= 0.3 is 0 Å². The quantitative estimate of drug-likeness (QED) is 0.886. The molecule has 0 saturated heterocycles. The van der Waals surface area contributed by atoms with E-state index >= 15 is 0 Å². The summed E-state index contributed by atoms with van der Waals surface area (Å²) in [6.07, 6.45) is 3.31. The Morgan fingerprint density at radius 2 is 2.17 bits per heavy atom. The van der Waals surface area contributed by atoms with Crippen molar-refractivity contribution in [1.29, 1.82) is 0 Å². The molecule has 0 bridgehead atoms. The van der Waals surface area contributed by atoms with Gasteiger partial charge in [0.1, 0.15) is 0 Å². The topological polar surface area (TPSA) is 70.7 Å². The van der Waals surface area contributed by atoms with Gasteiger partial charge in [0.2, 0.25) is 0 Å². The third-order valence-corrected chi connectivity index (χ3v) is 3.13. The molecule has 0 unspecified atom stereocenters. The van der Waals surface area contributed by atoms with Gasteiger partial charge in [-0.05, 0) is 20.8 Å². The van der Waals surface area contributed by atoms with Crippen molar-refractivity contribution in [1.82, 2.24) is 20.3 Å². The summed E-state index contributed by atoms with van der Waals surface area (Å²) in [5, 5.41) is 3.26. The SMILES string of the molecule is CC(C)(C)NCc1cnc(-c2cncs2)[nH]c1=O. The van der Waals surface area contributed by atoms with E-state index in [1.807, 2.05) is 0 Å². The number of nitrogens with one attached hydrogen (secondary N) is 2. The third-order valence-electron chi connectivity index (χ3n) is 2.35. The Balaban J connectivity index is 2.19. The maximum Gasteiger partial charge on any atom is 0.255 e. The molecule has 2 heterocycles. The molecule has 96 valence electrons. The summed E-state index contributed by atoms with van der Waals surface area (Å²) in [5.74, 6) is 0.571. The van der Waals surface area contributed by atoms with Gasteiger partial charge in [-0.3, -0.25) is 9.78 Å². The largest absolute Gasteiger partial charge is 0.308 e. The molecule has 0 saturated carbocycles. The fraction of sp³-hybridized carbons (Fsp3) is 0.417. The van der Waals surface area contributed by atoms with E-state index in [0.29, 0.717) is 17.9 Å². The lowest BCUT2D eigenvalue weighted by Crippen LogP contribution is -2.36. The second-order valence-corrected chi connectivity index (χ2v) is 5.94. The van der Waals surface area contributed by atoms with Crippen LogP contribution in [0.5, 0.6) is 0 Å². The number of H-pyrrole nitrogens is 1. The van der Waals surface area contributed by atoms with Gasteiger partial charge in [-0.25, -0.2) is 4.98 Å². The minimum absolute atomic E-state index is 0.0250. The first-order chi connectivity index (χ1) is 8.46. The van der Waals surface area contributed by atoms with E-state index in [2.05, 4.69) is 41.0 Å². The standard InChI is InChI=1S/C12H16N4OS/c1-12(2,3)15-5-8-4-14-10(16-11(8)17)9-6-13-7-18-9/h4,6-7,15H,5H2,1-3H3,(H,14,16,17). The number of aromatic amines is 1. The maximum absolute atomic E-state index is 11.9. The molecule has 2 N–H and O–H groups in total. The molecule has 0 amide bonds. The van der Waals surface area contributed by atoms with Gasteiger partial charge in [0.25, 0.3) is 5.56 Å². The van der Waals surface area contributed by atoms with Crippen LogP contribution in [0.4, 0.5) is 0 Å². The first-order valence-electron chi connectivity index (χ1n) is 5.68. The first-order valence-corrected chi connectivity index (χ1v) is 6.56. The highest BCUT2D eigenvalue weighted by Crippen LogP contribution is 2.17. The lowest BCUT2D eigenvalue weighted by atomic mass is 10.1. The smallest absolute Gasteiger partial charge is 0.255 e. The van der Waals surface area contributed by atoms with Crippen molar-refractivity contribution in [2.75, 3.05) is 0 Å². The van der Waals surface area contributed by atoms with Crippen molar-refractivity contribution in [3.05, 3.63) is 33.8 Å². The van der Waals surface area contributed by atoms with Gasteiger partial charge in [0.15, 0.2) is 5.82 Å². The average Bonchev–Trinajstić information content (AvgIpc) is 2.79. The van der Waals surface area contributed by atoms with Crippen LogP contribution < -0.4 is 10.9 Å². The number of rotatable bonds is 3. The van der Waals surface area contributed by atoms with Crippen LogP contribution >= 0.6 is 11.3 Å². The molecule has 0 radical (unpaired) electrons. The van der Waals surface area contributed by atoms with E-state index in [-0.39, 0.29) is 11.1 Å². The van der Waals surface area contributed by atoms with Gasteiger partial charge in [-0.15, -0.1) is 11.3 Å². The lowest BCUT2D eigenvalue weighted by Gasteiger charge is -2.20. The Morgan fingerprint density at radius 3 is 2.72 bits per heavy atom. The second-order valence-electron chi connectivity index (χ2n) is 5.06. The summed E-state index contributed by atoms with van der Waals surface area (Å²) in [7, 11) is 0. The monoisotopic (exact) mass is 264 g/mol. The zero-order valence-corrected chi connectivity index (χ0v) is 11.5. The first kappa shape index (κ1) is 12.9. The van der Waals surface area contributed by atoms with Gasteiger partial charge in [-0.1, -0.05) is 0 Å². The van der Waals surface area contributed by atoms with Crippen LogP contribution in [0.3, 0.4) is 0 Å². The lowest BCUT2D eigenvalue weighted by molar-refractivity contribution is 0.423. The van der Waals surface area contributed by atoms with Gasteiger partial charge < -0.3 is 10.3 Å². The van der Waals surface area contributed by atoms with Crippen molar-refractivity contribution >= 4 is 11.3 Å². The molecular weight excluding hydrogens is 248 g/mol. The molecule has 18 heavy (non-hydrogen) atoms. The summed E-state index contributed by atoms with van der Waals surface area (Å²) in [4.78, 5) is 23.8. The van der Waals surface area contributed by atoms with Crippen LogP contribution in [-0.4, -0.2) is 20.5 Å². The normalized spacial score (nSPS) is 11.7. The molecule has 0 atom stereocenters. The van der Waals surface area contributed by atoms with Crippen molar-refractivity contribution < 1.29 is 0 Å². The van der Waals surface area contributed by atoms with Crippen LogP contribution in [0.25, 0.3) is 10.7 Å². The molecule has 5 nitrogen and oxygen atoms in total. The average molecular weight is 264 g/mol. The molecule has 2 aromatic heterocycles. The Kier molecular flexibility index (Phi) is 3.58. The summed E-state index contributed by atoms with van der Waals surface area (Å²) in [6.45, 7) is 6.68.